The van der Waals surface area contributed by atoms with E-state index in [1.807, 2.05) is 0 Å². The van der Waals surface area contributed by atoms with E-state index in [9.17, 15) is 18.0 Å². The highest BCUT2D eigenvalue weighted by molar-refractivity contribution is 8.00. The van der Waals surface area contributed by atoms with Gasteiger partial charge in [-0.25, -0.2) is 0 Å². The summed E-state index contributed by atoms with van der Waals surface area (Å²) >= 11 is -0.184. The van der Waals surface area contributed by atoms with Gasteiger partial charge in [0.25, 0.3) is 5.91 Å². The van der Waals surface area contributed by atoms with Gasteiger partial charge in [-0.15, -0.1) is 0 Å². The monoisotopic (exact) mass is 318 g/mol. The van der Waals surface area contributed by atoms with E-state index in [2.05, 4.69) is 17.6 Å². The molecule has 2 rings (SSSR count). The topological polar surface area (TPSA) is 41.1 Å². The maximum Gasteiger partial charge on any atom is 0.446 e. The summed E-state index contributed by atoms with van der Waals surface area (Å²) in [6, 6.07) is 5.52. The minimum Gasteiger partial charge on any atom is -0.348 e. The van der Waals surface area contributed by atoms with Crippen LogP contribution in [0.3, 0.4) is 0 Å². The lowest BCUT2D eigenvalue weighted by atomic mass is 9.94. The van der Waals surface area contributed by atoms with Gasteiger partial charge in [-0.05, 0) is 54.9 Å². The molecule has 0 bridgehead atoms. The van der Waals surface area contributed by atoms with Crippen molar-refractivity contribution in [2.75, 3.05) is 13.1 Å². The molecule has 1 aliphatic rings. The predicted octanol–water partition coefficient (Wildman–Crippen LogP) is 3.03. The molecule has 1 fully saturated rings. The molecule has 1 saturated heterocycles. The lowest BCUT2D eigenvalue weighted by molar-refractivity contribution is -0.0328. The Morgan fingerprint density at radius 1 is 1.33 bits per heavy atom. The number of rotatable bonds is 3. The second kappa shape index (κ2) is 6.70. The largest absolute Gasteiger partial charge is 0.446 e. The summed E-state index contributed by atoms with van der Waals surface area (Å²) in [6.07, 6.45) is 0.992. The van der Waals surface area contributed by atoms with Crippen LogP contribution in [0.15, 0.2) is 29.2 Å². The van der Waals surface area contributed by atoms with E-state index in [0.29, 0.717) is 11.5 Å². The van der Waals surface area contributed by atoms with Crippen LogP contribution in [0.5, 0.6) is 0 Å². The Hall–Kier alpha value is -1.21. The number of carbonyl (C=O) groups is 1. The van der Waals surface area contributed by atoms with Crippen molar-refractivity contribution in [3.05, 3.63) is 29.8 Å². The molecular formula is C14H17F3N2OS. The van der Waals surface area contributed by atoms with Crippen LogP contribution in [0.4, 0.5) is 13.2 Å². The van der Waals surface area contributed by atoms with Crippen molar-refractivity contribution in [1.29, 1.82) is 0 Å². The van der Waals surface area contributed by atoms with Crippen molar-refractivity contribution >= 4 is 17.7 Å². The molecule has 2 atom stereocenters. The van der Waals surface area contributed by atoms with Gasteiger partial charge in [0.2, 0.25) is 0 Å². The molecule has 1 aliphatic heterocycles. The van der Waals surface area contributed by atoms with E-state index in [0.717, 1.165) is 19.5 Å². The van der Waals surface area contributed by atoms with Gasteiger partial charge in [0.1, 0.15) is 0 Å². The minimum atomic E-state index is -4.31. The molecule has 7 heteroatoms. The average Bonchev–Trinajstić information content (AvgIpc) is 2.40. The maximum atomic E-state index is 12.2. The van der Waals surface area contributed by atoms with Gasteiger partial charge in [0.15, 0.2) is 0 Å². The van der Waals surface area contributed by atoms with Crippen molar-refractivity contribution in [1.82, 2.24) is 10.6 Å². The Kier molecular flexibility index (Phi) is 5.16. The van der Waals surface area contributed by atoms with Gasteiger partial charge in [0.05, 0.1) is 0 Å². The number of alkyl halides is 3. The molecule has 0 spiro atoms. The van der Waals surface area contributed by atoms with E-state index in [-0.39, 0.29) is 28.6 Å². The van der Waals surface area contributed by atoms with Crippen LogP contribution in [0, 0.1) is 5.92 Å². The van der Waals surface area contributed by atoms with Gasteiger partial charge in [0, 0.05) is 23.0 Å². The van der Waals surface area contributed by atoms with Gasteiger partial charge in [-0.1, -0.05) is 6.92 Å². The number of halogens is 3. The predicted molar refractivity (Wildman–Crippen MR) is 76.3 cm³/mol. The minimum absolute atomic E-state index is 0.0514. The lowest BCUT2D eigenvalue weighted by Gasteiger charge is -2.30. The fourth-order valence-electron chi connectivity index (χ4n) is 2.24. The smallest absolute Gasteiger partial charge is 0.348 e. The first kappa shape index (κ1) is 16.2. The number of thioether (sulfide) groups is 1. The molecule has 1 heterocycles. The van der Waals surface area contributed by atoms with Crippen LogP contribution in [0.25, 0.3) is 0 Å². The summed E-state index contributed by atoms with van der Waals surface area (Å²) in [5.74, 6) is 0.134. The third-order valence-electron chi connectivity index (χ3n) is 3.49. The fourth-order valence-corrected chi connectivity index (χ4v) is 2.78. The van der Waals surface area contributed by atoms with Crippen molar-refractivity contribution in [3.8, 4) is 0 Å². The second-order valence-electron chi connectivity index (χ2n) is 5.12. The third kappa shape index (κ3) is 4.93. The zero-order valence-corrected chi connectivity index (χ0v) is 12.4. The first-order valence-corrected chi connectivity index (χ1v) is 7.54. The molecular weight excluding hydrogens is 301 g/mol. The number of benzene rings is 1. The molecule has 0 saturated carbocycles. The molecule has 1 amide bonds. The standard InChI is InChI=1S/C14H17F3N2OS/c1-9-6-7-18-8-12(9)19-13(20)10-2-4-11(5-3-10)21-14(15,16)17/h2-5,9,12,18H,6-8H2,1H3,(H,19,20). The highest BCUT2D eigenvalue weighted by Crippen LogP contribution is 2.36. The van der Waals surface area contributed by atoms with Crippen LogP contribution in [0.2, 0.25) is 0 Å². The molecule has 1 aromatic carbocycles. The number of hydrogen-bond donors (Lipinski definition) is 2. The maximum absolute atomic E-state index is 12.2. The molecule has 0 aliphatic carbocycles. The van der Waals surface area contributed by atoms with E-state index < -0.39 is 5.51 Å². The first-order valence-electron chi connectivity index (χ1n) is 6.72. The molecule has 1 aromatic rings. The molecule has 21 heavy (non-hydrogen) atoms. The Morgan fingerprint density at radius 2 is 2.00 bits per heavy atom. The quantitative estimate of drug-likeness (QED) is 0.842. The van der Waals surface area contributed by atoms with Crippen molar-refractivity contribution < 1.29 is 18.0 Å². The highest BCUT2D eigenvalue weighted by Gasteiger charge is 2.29. The molecule has 2 unspecified atom stereocenters. The van der Waals surface area contributed by atoms with Crippen LogP contribution in [-0.2, 0) is 0 Å². The summed E-state index contributed by atoms with van der Waals surface area (Å²) in [4.78, 5) is 12.2. The van der Waals surface area contributed by atoms with E-state index in [1.165, 1.54) is 24.3 Å². The zero-order chi connectivity index (χ0) is 15.5. The van der Waals surface area contributed by atoms with Crippen LogP contribution in [0.1, 0.15) is 23.7 Å². The molecule has 116 valence electrons. The highest BCUT2D eigenvalue weighted by atomic mass is 32.2. The van der Waals surface area contributed by atoms with E-state index in [1.54, 1.807) is 0 Å². The second-order valence-corrected chi connectivity index (χ2v) is 6.26. The number of hydrogen-bond acceptors (Lipinski definition) is 3. The summed E-state index contributed by atoms with van der Waals surface area (Å²) < 4.78 is 36.7. The van der Waals surface area contributed by atoms with Gasteiger partial charge in [-0.3, -0.25) is 4.79 Å². The number of piperidine rings is 1. The Labute approximate surface area is 125 Å². The average molecular weight is 318 g/mol. The van der Waals surface area contributed by atoms with Crippen LogP contribution in [-0.4, -0.2) is 30.5 Å². The number of carbonyl (C=O) groups excluding carboxylic acids is 1. The summed E-state index contributed by atoms with van der Waals surface area (Å²) in [5.41, 5.74) is -3.94. The van der Waals surface area contributed by atoms with Crippen molar-refractivity contribution in [3.63, 3.8) is 0 Å². The lowest BCUT2D eigenvalue weighted by Crippen LogP contribution is -2.50. The Balaban J connectivity index is 1.96. The van der Waals surface area contributed by atoms with Crippen molar-refractivity contribution in [2.24, 2.45) is 5.92 Å². The molecule has 0 aromatic heterocycles. The summed E-state index contributed by atoms with van der Waals surface area (Å²) in [7, 11) is 0. The van der Waals surface area contributed by atoms with Crippen LogP contribution < -0.4 is 10.6 Å². The summed E-state index contributed by atoms with van der Waals surface area (Å²) in [6.45, 7) is 3.74. The molecule has 2 N–H and O–H groups in total. The van der Waals surface area contributed by atoms with Gasteiger partial charge >= 0.3 is 5.51 Å². The van der Waals surface area contributed by atoms with E-state index >= 15 is 0 Å². The molecule has 0 radical (unpaired) electrons. The Morgan fingerprint density at radius 3 is 2.57 bits per heavy atom. The number of amides is 1. The fraction of sp³-hybridized carbons (Fsp3) is 0.500. The van der Waals surface area contributed by atoms with Crippen molar-refractivity contribution in [2.45, 2.75) is 29.8 Å². The first-order chi connectivity index (χ1) is 9.85. The van der Waals surface area contributed by atoms with E-state index in [4.69, 9.17) is 0 Å². The summed E-state index contributed by atoms with van der Waals surface area (Å²) in [5, 5.41) is 6.14. The molecule has 3 nitrogen and oxygen atoms in total. The third-order valence-corrected chi connectivity index (χ3v) is 4.23. The Bertz CT molecular complexity index is 490. The van der Waals surface area contributed by atoms with Gasteiger partial charge in [-0.2, -0.15) is 13.2 Å². The van der Waals surface area contributed by atoms with Gasteiger partial charge < -0.3 is 10.6 Å². The zero-order valence-electron chi connectivity index (χ0n) is 11.5. The normalized spacial score (nSPS) is 22.9. The SMILES string of the molecule is CC1CCNCC1NC(=O)c1ccc(SC(F)(F)F)cc1. The number of nitrogens with one attached hydrogen (secondary N) is 2. The van der Waals surface area contributed by atoms with Crippen LogP contribution >= 0.6 is 11.8 Å².